The minimum Gasteiger partial charge on any atom is -0.481 e. The first-order valence-corrected chi connectivity index (χ1v) is 5.81. The third-order valence-corrected chi connectivity index (χ3v) is 3.42. The first-order valence-electron chi connectivity index (χ1n) is 4.90. The number of hydrogen-bond donors (Lipinski definition) is 1. The van der Waals surface area contributed by atoms with Crippen molar-refractivity contribution in [2.45, 2.75) is 18.2 Å². The molecule has 0 aliphatic carbocycles. The van der Waals surface area contributed by atoms with Gasteiger partial charge in [0.1, 0.15) is 12.1 Å². The van der Waals surface area contributed by atoms with Crippen molar-refractivity contribution < 1.29 is 19.5 Å². The molecule has 0 aliphatic rings. The summed E-state index contributed by atoms with van der Waals surface area (Å²) in [4.78, 5) is 32.1. The number of Topliss-reactive ketones (excluding diaryl/α,β-unsaturated/α-hetero) is 1. The summed E-state index contributed by atoms with van der Waals surface area (Å²) in [5.41, 5.74) is 1.48. The molecule has 1 unspecified atom stereocenters. The fraction of sp³-hybridized carbons (Fsp3) is 0.250. The molecule has 0 heterocycles. The predicted octanol–water partition coefficient (Wildman–Crippen LogP) is 2.15. The Morgan fingerprint density at radius 1 is 1.47 bits per heavy atom. The molecule has 0 bridgehead atoms. The van der Waals surface area contributed by atoms with E-state index in [0.29, 0.717) is 23.0 Å². The van der Waals surface area contributed by atoms with E-state index >= 15 is 0 Å². The van der Waals surface area contributed by atoms with Crippen molar-refractivity contribution in [1.29, 1.82) is 0 Å². The van der Waals surface area contributed by atoms with Crippen molar-refractivity contribution in [3.63, 3.8) is 0 Å². The second kappa shape index (κ2) is 5.72. The van der Waals surface area contributed by atoms with Crippen LogP contribution in [0.15, 0.2) is 18.2 Å². The summed E-state index contributed by atoms with van der Waals surface area (Å²) in [5, 5.41) is 8.77. The number of alkyl halides is 1. The second-order valence-corrected chi connectivity index (χ2v) is 4.54. The quantitative estimate of drug-likeness (QED) is 0.668. The van der Waals surface area contributed by atoms with Crippen LogP contribution in [0.2, 0.25) is 0 Å². The zero-order valence-electron chi connectivity index (χ0n) is 9.14. The van der Waals surface area contributed by atoms with Gasteiger partial charge in [0.15, 0.2) is 0 Å². The van der Waals surface area contributed by atoms with Crippen LogP contribution in [0.25, 0.3) is 0 Å². The number of hydrogen-bond acceptors (Lipinski definition) is 3. The first-order chi connectivity index (χ1) is 7.95. The molecule has 0 saturated carbocycles. The van der Waals surface area contributed by atoms with Gasteiger partial charge in [-0.2, -0.15) is 0 Å². The highest BCUT2D eigenvalue weighted by molar-refractivity contribution is 9.09. The van der Waals surface area contributed by atoms with Gasteiger partial charge in [-0.25, -0.2) is 0 Å². The molecule has 0 fully saturated rings. The summed E-state index contributed by atoms with van der Waals surface area (Å²) >= 11 is 3.20. The Morgan fingerprint density at radius 2 is 2.12 bits per heavy atom. The molecular weight excluding hydrogens is 288 g/mol. The molecule has 4 nitrogen and oxygen atoms in total. The Bertz CT molecular complexity index is 468. The molecule has 0 spiro atoms. The van der Waals surface area contributed by atoms with Crippen LogP contribution >= 0.6 is 15.9 Å². The molecule has 0 amide bonds. The fourth-order valence-electron chi connectivity index (χ4n) is 1.47. The second-order valence-electron chi connectivity index (χ2n) is 3.62. The molecule has 1 aromatic carbocycles. The Labute approximate surface area is 107 Å². The van der Waals surface area contributed by atoms with E-state index in [2.05, 4.69) is 15.9 Å². The van der Waals surface area contributed by atoms with Gasteiger partial charge < -0.3 is 5.11 Å². The summed E-state index contributed by atoms with van der Waals surface area (Å²) in [6, 6.07) is 4.63. The van der Waals surface area contributed by atoms with Crippen molar-refractivity contribution in [2.75, 3.05) is 0 Å². The summed E-state index contributed by atoms with van der Waals surface area (Å²) in [5.74, 6) is -1.12. The molecule has 90 valence electrons. The van der Waals surface area contributed by atoms with Gasteiger partial charge in [0.2, 0.25) is 0 Å². The SMILES string of the molecule is CC(=O)C(Br)c1cc(C=O)ccc1CC(=O)O. The molecule has 1 aromatic rings. The van der Waals surface area contributed by atoms with Gasteiger partial charge in [-0.05, 0) is 24.1 Å². The summed E-state index contributed by atoms with van der Waals surface area (Å²) < 4.78 is 0. The highest BCUT2D eigenvalue weighted by Crippen LogP contribution is 2.28. The molecule has 0 aromatic heterocycles. The van der Waals surface area contributed by atoms with Crippen LogP contribution in [-0.2, 0) is 16.0 Å². The summed E-state index contributed by atoms with van der Waals surface area (Å²) in [7, 11) is 0. The smallest absolute Gasteiger partial charge is 0.307 e. The zero-order valence-corrected chi connectivity index (χ0v) is 10.7. The highest BCUT2D eigenvalue weighted by atomic mass is 79.9. The van der Waals surface area contributed by atoms with E-state index in [1.807, 2.05) is 0 Å². The van der Waals surface area contributed by atoms with Crippen molar-refractivity contribution in [3.8, 4) is 0 Å². The lowest BCUT2D eigenvalue weighted by Crippen LogP contribution is -2.09. The number of benzene rings is 1. The van der Waals surface area contributed by atoms with Gasteiger partial charge in [0.05, 0.1) is 11.2 Å². The van der Waals surface area contributed by atoms with Crippen molar-refractivity contribution in [2.24, 2.45) is 0 Å². The van der Waals surface area contributed by atoms with Crippen molar-refractivity contribution >= 4 is 34.0 Å². The molecule has 5 heteroatoms. The predicted molar refractivity (Wildman–Crippen MR) is 65.5 cm³/mol. The van der Waals surface area contributed by atoms with Crippen LogP contribution in [-0.4, -0.2) is 23.1 Å². The van der Waals surface area contributed by atoms with Gasteiger partial charge in [0, 0.05) is 5.56 Å². The molecular formula is C12H11BrO4. The molecule has 1 N–H and O–H groups in total. The maximum absolute atomic E-state index is 11.3. The number of rotatable bonds is 5. The number of ketones is 1. The van der Waals surface area contributed by atoms with E-state index < -0.39 is 10.8 Å². The van der Waals surface area contributed by atoms with Crippen LogP contribution in [0.1, 0.15) is 33.2 Å². The van der Waals surface area contributed by atoms with Crippen LogP contribution < -0.4 is 0 Å². The number of aldehydes is 1. The normalized spacial score (nSPS) is 11.9. The van der Waals surface area contributed by atoms with Gasteiger partial charge in [-0.15, -0.1) is 0 Å². The lowest BCUT2D eigenvalue weighted by molar-refractivity contribution is -0.136. The number of halogens is 1. The zero-order chi connectivity index (χ0) is 13.0. The Balaban J connectivity index is 3.24. The number of carboxylic acid groups (broad SMARTS) is 1. The largest absolute Gasteiger partial charge is 0.481 e. The number of carboxylic acids is 1. The third kappa shape index (κ3) is 3.49. The fourth-order valence-corrected chi connectivity index (χ4v) is 1.89. The maximum Gasteiger partial charge on any atom is 0.307 e. The first kappa shape index (κ1) is 13.6. The number of aliphatic carboxylic acids is 1. The third-order valence-electron chi connectivity index (χ3n) is 2.28. The number of carbonyl (C=O) groups is 3. The van der Waals surface area contributed by atoms with E-state index in [-0.39, 0.29) is 12.2 Å². The average Bonchev–Trinajstić information content (AvgIpc) is 2.27. The molecule has 0 radical (unpaired) electrons. The maximum atomic E-state index is 11.3. The van der Waals surface area contributed by atoms with E-state index in [1.54, 1.807) is 6.07 Å². The molecule has 0 aliphatic heterocycles. The summed E-state index contributed by atoms with van der Waals surface area (Å²) in [6.07, 6.45) is 0.484. The van der Waals surface area contributed by atoms with Gasteiger partial charge in [-0.1, -0.05) is 28.1 Å². The molecule has 1 rings (SSSR count). The standard InChI is InChI=1S/C12H11BrO4/c1-7(15)12(13)10-4-8(6-14)2-3-9(10)5-11(16)17/h2-4,6,12H,5H2,1H3,(H,16,17). The Hall–Kier alpha value is -1.49. The van der Waals surface area contributed by atoms with Crippen LogP contribution in [0.3, 0.4) is 0 Å². The molecule has 17 heavy (non-hydrogen) atoms. The monoisotopic (exact) mass is 298 g/mol. The lowest BCUT2D eigenvalue weighted by atomic mass is 9.98. The van der Waals surface area contributed by atoms with E-state index in [9.17, 15) is 14.4 Å². The van der Waals surface area contributed by atoms with Gasteiger partial charge in [-0.3, -0.25) is 14.4 Å². The topological polar surface area (TPSA) is 71.4 Å². The summed E-state index contributed by atoms with van der Waals surface area (Å²) in [6.45, 7) is 1.40. The highest BCUT2D eigenvalue weighted by Gasteiger charge is 2.18. The average molecular weight is 299 g/mol. The van der Waals surface area contributed by atoms with Gasteiger partial charge >= 0.3 is 5.97 Å². The van der Waals surface area contributed by atoms with Crippen LogP contribution in [0.4, 0.5) is 0 Å². The van der Waals surface area contributed by atoms with Crippen LogP contribution in [0.5, 0.6) is 0 Å². The minimum absolute atomic E-state index is 0.139. The molecule has 1 atom stereocenters. The van der Waals surface area contributed by atoms with E-state index in [0.717, 1.165) is 0 Å². The van der Waals surface area contributed by atoms with E-state index in [1.165, 1.54) is 19.1 Å². The Morgan fingerprint density at radius 3 is 2.59 bits per heavy atom. The minimum atomic E-state index is -0.978. The van der Waals surface area contributed by atoms with Crippen molar-refractivity contribution in [1.82, 2.24) is 0 Å². The van der Waals surface area contributed by atoms with E-state index in [4.69, 9.17) is 5.11 Å². The van der Waals surface area contributed by atoms with Crippen LogP contribution in [0, 0.1) is 0 Å². The Kier molecular flexibility index (Phi) is 4.57. The lowest BCUT2D eigenvalue weighted by Gasteiger charge is -2.12. The van der Waals surface area contributed by atoms with Gasteiger partial charge in [0.25, 0.3) is 0 Å². The number of carbonyl (C=O) groups excluding carboxylic acids is 2. The molecule has 0 saturated heterocycles. The van der Waals surface area contributed by atoms with Crippen molar-refractivity contribution in [3.05, 3.63) is 34.9 Å².